The van der Waals surface area contributed by atoms with Crippen LogP contribution in [0, 0.1) is 12.8 Å². The summed E-state index contributed by atoms with van der Waals surface area (Å²) >= 11 is 5.83. The first-order valence-corrected chi connectivity index (χ1v) is 7.53. The molecule has 1 saturated carbocycles. The number of ether oxygens (including phenoxy) is 1. The van der Waals surface area contributed by atoms with Gasteiger partial charge in [0.25, 0.3) is 0 Å². The maximum Gasteiger partial charge on any atom is 0.308 e. The van der Waals surface area contributed by atoms with Gasteiger partial charge in [-0.15, -0.1) is 0 Å². The molecule has 6 heteroatoms. The van der Waals surface area contributed by atoms with Crippen LogP contribution in [0.25, 0.3) is 11.0 Å². The lowest BCUT2D eigenvalue weighted by Gasteiger charge is -2.21. The minimum Gasteiger partial charge on any atom is -0.469 e. The number of carbonyl (C=O) groups excluding carboxylic acids is 1. The van der Waals surface area contributed by atoms with Gasteiger partial charge in [0, 0.05) is 6.20 Å². The molecule has 116 valence electrons. The zero-order chi connectivity index (χ0) is 15.8. The molecule has 21 heavy (non-hydrogen) atoms. The Kier molecular flexibility index (Phi) is 7.15. The summed E-state index contributed by atoms with van der Waals surface area (Å²) in [5.41, 5.74) is 1.87. The van der Waals surface area contributed by atoms with Gasteiger partial charge < -0.3 is 9.72 Å². The van der Waals surface area contributed by atoms with Crippen molar-refractivity contribution >= 4 is 28.6 Å². The van der Waals surface area contributed by atoms with Gasteiger partial charge in [-0.3, -0.25) is 4.79 Å². The Bertz CT molecular complexity index is 579. The van der Waals surface area contributed by atoms with Crippen LogP contribution in [-0.4, -0.2) is 28.0 Å². The number of esters is 1. The van der Waals surface area contributed by atoms with Gasteiger partial charge in [0.05, 0.1) is 18.4 Å². The van der Waals surface area contributed by atoms with E-state index in [1.165, 1.54) is 19.9 Å². The van der Waals surface area contributed by atoms with Crippen molar-refractivity contribution in [3.8, 4) is 0 Å². The zero-order valence-corrected chi connectivity index (χ0v) is 13.7. The Hall–Kier alpha value is -1.62. The Morgan fingerprint density at radius 3 is 2.48 bits per heavy atom. The van der Waals surface area contributed by atoms with Crippen molar-refractivity contribution in [2.24, 2.45) is 5.92 Å². The van der Waals surface area contributed by atoms with Crippen LogP contribution in [0.2, 0.25) is 5.15 Å². The number of aromatic nitrogens is 3. The van der Waals surface area contributed by atoms with Crippen molar-refractivity contribution in [2.45, 2.75) is 40.0 Å². The first kappa shape index (κ1) is 17.4. The van der Waals surface area contributed by atoms with Gasteiger partial charge in [-0.2, -0.15) is 0 Å². The van der Waals surface area contributed by atoms with Crippen LogP contribution in [0.4, 0.5) is 0 Å². The van der Waals surface area contributed by atoms with Crippen molar-refractivity contribution in [3.05, 3.63) is 23.2 Å². The van der Waals surface area contributed by atoms with Crippen LogP contribution in [0.15, 0.2) is 12.5 Å². The number of aryl methyl sites for hydroxylation is 1. The minimum atomic E-state index is -0.0312. The van der Waals surface area contributed by atoms with Crippen molar-refractivity contribution in [2.75, 3.05) is 7.11 Å². The van der Waals surface area contributed by atoms with Gasteiger partial charge in [-0.25, -0.2) is 9.97 Å². The topological polar surface area (TPSA) is 67.9 Å². The lowest BCUT2D eigenvalue weighted by Crippen LogP contribution is -2.22. The van der Waals surface area contributed by atoms with E-state index in [9.17, 15) is 4.79 Å². The summed E-state index contributed by atoms with van der Waals surface area (Å²) < 4.78 is 4.52. The van der Waals surface area contributed by atoms with Crippen LogP contribution in [0.1, 0.15) is 38.7 Å². The van der Waals surface area contributed by atoms with E-state index >= 15 is 0 Å². The van der Waals surface area contributed by atoms with Gasteiger partial charge in [0.2, 0.25) is 0 Å². The van der Waals surface area contributed by atoms with Gasteiger partial charge in [-0.1, -0.05) is 31.9 Å². The fraction of sp³-hybridized carbons (Fsp3) is 0.533. The minimum absolute atomic E-state index is 0.0312. The molecule has 1 aliphatic rings. The number of halogens is 1. The second kappa shape index (κ2) is 8.62. The molecule has 0 atom stereocenters. The predicted molar refractivity (Wildman–Crippen MR) is 84.3 cm³/mol. The molecule has 1 aliphatic carbocycles. The number of nitrogens with zero attached hydrogens (tertiary/aromatic N) is 2. The number of nitrogens with one attached hydrogen (secondary N) is 1. The highest BCUT2D eigenvalue weighted by molar-refractivity contribution is 6.34. The van der Waals surface area contributed by atoms with E-state index in [0.717, 1.165) is 29.4 Å². The zero-order valence-electron chi connectivity index (χ0n) is 12.9. The van der Waals surface area contributed by atoms with Crippen LogP contribution < -0.4 is 0 Å². The van der Waals surface area contributed by atoms with Gasteiger partial charge >= 0.3 is 5.97 Å². The monoisotopic (exact) mass is 311 g/mol. The summed E-state index contributed by atoms with van der Waals surface area (Å²) in [7, 11) is 1.45. The van der Waals surface area contributed by atoms with Crippen molar-refractivity contribution in [1.29, 1.82) is 0 Å². The van der Waals surface area contributed by atoms with E-state index in [-0.39, 0.29) is 11.9 Å². The number of carbonyl (C=O) groups is 1. The third-order valence-electron chi connectivity index (χ3n) is 3.26. The van der Waals surface area contributed by atoms with Crippen LogP contribution in [-0.2, 0) is 9.53 Å². The molecule has 0 spiro atoms. The number of H-pyrrole nitrogens is 1. The SMILES string of the molecule is CC.COC(=O)C1CCC1.Cc1c[nH]c2ncnc(Cl)c12. The first-order valence-electron chi connectivity index (χ1n) is 7.15. The normalized spacial score (nSPS) is 13.4. The maximum atomic E-state index is 10.6. The highest BCUT2D eigenvalue weighted by atomic mass is 35.5. The quantitative estimate of drug-likeness (QED) is 0.640. The summed E-state index contributed by atoms with van der Waals surface area (Å²) in [6.07, 6.45) is 6.57. The molecule has 0 bridgehead atoms. The third-order valence-corrected chi connectivity index (χ3v) is 3.55. The van der Waals surface area contributed by atoms with E-state index < -0.39 is 0 Å². The Labute approximate surface area is 130 Å². The molecule has 2 heterocycles. The molecule has 0 aliphatic heterocycles. The van der Waals surface area contributed by atoms with E-state index in [1.54, 1.807) is 0 Å². The summed E-state index contributed by atoms with van der Waals surface area (Å²) in [6.45, 7) is 5.97. The first-order chi connectivity index (χ1) is 10.1. The van der Waals surface area contributed by atoms with E-state index in [0.29, 0.717) is 5.15 Å². The second-order valence-electron chi connectivity index (χ2n) is 4.51. The van der Waals surface area contributed by atoms with Crippen LogP contribution in [0.5, 0.6) is 0 Å². The summed E-state index contributed by atoms with van der Waals surface area (Å²) in [5, 5.41) is 1.42. The Morgan fingerprint density at radius 1 is 1.38 bits per heavy atom. The molecule has 1 fully saturated rings. The van der Waals surface area contributed by atoms with E-state index in [1.807, 2.05) is 27.0 Å². The molecule has 0 saturated heterocycles. The number of aromatic amines is 1. The van der Waals surface area contributed by atoms with Crippen LogP contribution >= 0.6 is 11.6 Å². The fourth-order valence-electron chi connectivity index (χ4n) is 1.88. The molecule has 2 aromatic heterocycles. The molecule has 0 aromatic carbocycles. The largest absolute Gasteiger partial charge is 0.469 e. The number of hydrogen-bond acceptors (Lipinski definition) is 4. The van der Waals surface area contributed by atoms with Gasteiger partial charge in [-0.05, 0) is 25.3 Å². The van der Waals surface area contributed by atoms with Gasteiger partial charge in [0.15, 0.2) is 0 Å². The molecule has 0 radical (unpaired) electrons. The second-order valence-corrected chi connectivity index (χ2v) is 4.87. The molecule has 0 unspecified atom stereocenters. The molecular formula is C15H22ClN3O2. The highest BCUT2D eigenvalue weighted by Gasteiger charge is 2.25. The summed E-state index contributed by atoms with van der Waals surface area (Å²) in [6, 6.07) is 0. The molecule has 2 aromatic rings. The van der Waals surface area contributed by atoms with Crippen LogP contribution in [0.3, 0.4) is 0 Å². The number of hydrogen-bond donors (Lipinski definition) is 1. The molecular weight excluding hydrogens is 290 g/mol. The predicted octanol–water partition coefficient (Wildman–Crippen LogP) is 3.91. The molecule has 0 amide bonds. The number of methoxy groups -OCH3 is 1. The smallest absolute Gasteiger partial charge is 0.308 e. The van der Waals surface area contributed by atoms with Crippen molar-refractivity contribution in [3.63, 3.8) is 0 Å². The average molecular weight is 312 g/mol. The Balaban J connectivity index is 0.000000196. The Morgan fingerprint density at radius 2 is 2.05 bits per heavy atom. The molecule has 5 nitrogen and oxygen atoms in total. The summed E-state index contributed by atoms with van der Waals surface area (Å²) in [5.74, 6) is 0.205. The van der Waals surface area contributed by atoms with E-state index in [2.05, 4.69) is 19.7 Å². The number of fused-ring (bicyclic) bond motifs is 1. The fourth-order valence-corrected chi connectivity index (χ4v) is 2.16. The lowest BCUT2D eigenvalue weighted by molar-refractivity contribution is -0.148. The van der Waals surface area contributed by atoms with Crippen molar-refractivity contribution < 1.29 is 9.53 Å². The molecule has 3 rings (SSSR count). The van der Waals surface area contributed by atoms with Gasteiger partial charge in [0.1, 0.15) is 17.1 Å². The lowest BCUT2D eigenvalue weighted by atomic mass is 9.86. The summed E-state index contributed by atoms with van der Waals surface area (Å²) in [4.78, 5) is 21.5. The number of rotatable bonds is 1. The van der Waals surface area contributed by atoms with Crippen molar-refractivity contribution in [1.82, 2.24) is 15.0 Å². The standard InChI is InChI=1S/C7H6ClN3.C6H10O2.C2H6/c1-4-2-9-7-5(4)6(8)10-3-11-7;1-8-6(7)5-3-2-4-5;1-2/h2-3H,1H3,(H,9,10,11);5H,2-4H2,1H3;1-2H3. The average Bonchev–Trinajstić information content (AvgIpc) is 2.83. The highest BCUT2D eigenvalue weighted by Crippen LogP contribution is 2.26. The third kappa shape index (κ3) is 4.43. The molecule has 1 N–H and O–H groups in total. The van der Waals surface area contributed by atoms with E-state index in [4.69, 9.17) is 11.6 Å². The maximum absolute atomic E-state index is 10.6.